The molecule has 21 heavy (non-hydrogen) atoms. The summed E-state index contributed by atoms with van der Waals surface area (Å²) in [5, 5.41) is 23.4. The van der Waals surface area contributed by atoms with Crippen LogP contribution in [0.25, 0.3) is 0 Å². The summed E-state index contributed by atoms with van der Waals surface area (Å²) in [5.74, 6) is 0.710. The molecular formula is C18H19NO2. The third-order valence-electron chi connectivity index (χ3n) is 5.00. The first kappa shape index (κ1) is 12.7. The first-order chi connectivity index (χ1) is 10.1. The lowest BCUT2D eigenvalue weighted by atomic mass is 9.68. The molecule has 2 aliphatic rings. The van der Waals surface area contributed by atoms with E-state index in [0.29, 0.717) is 12.0 Å². The van der Waals surface area contributed by atoms with E-state index >= 15 is 0 Å². The third-order valence-corrected chi connectivity index (χ3v) is 5.00. The highest BCUT2D eigenvalue weighted by Crippen LogP contribution is 2.45. The Morgan fingerprint density at radius 1 is 1.00 bits per heavy atom. The Labute approximate surface area is 124 Å². The van der Waals surface area contributed by atoms with Crippen molar-refractivity contribution >= 4 is 0 Å². The Morgan fingerprint density at radius 3 is 2.62 bits per heavy atom. The molecule has 0 saturated carbocycles. The minimum atomic E-state index is -0.0230. The van der Waals surface area contributed by atoms with Gasteiger partial charge in [-0.15, -0.1) is 0 Å². The topological polar surface area (TPSA) is 52.5 Å². The summed E-state index contributed by atoms with van der Waals surface area (Å²) in [6.45, 7) is 3.16. The van der Waals surface area contributed by atoms with Gasteiger partial charge in [0.25, 0.3) is 0 Å². The van der Waals surface area contributed by atoms with Gasteiger partial charge in [0, 0.05) is 18.5 Å². The second-order valence-corrected chi connectivity index (χ2v) is 6.30. The zero-order chi connectivity index (χ0) is 14.6. The molecular weight excluding hydrogens is 262 g/mol. The molecule has 3 nitrogen and oxygen atoms in total. The van der Waals surface area contributed by atoms with Gasteiger partial charge in [0.2, 0.25) is 0 Å². The van der Waals surface area contributed by atoms with Gasteiger partial charge in [-0.05, 0) is 46.7 Å². The van der Waals surface area contributed by atoms with Crippen molar-refractivity contribution in [1.29, 1.82) is 0 Å². The maximum atomic E-state index is 9.91. The third kappa shape index (κ3) is 1.84. The first-order valence-corrected chi connectivity index (χ1v) is 7.51. The fourth-order valence-electron chi connectivity index (χ4n) is 4.00. The normalized spacial score (nSPS) is 26.6. The van der Waals surface area contributed by atoms with Crippen molar-refractivity contribution in [1.82, 2.24) is 5.32 Å². The Morgan fingerprint density at radius 2 is 1.76 bits per heavy atom. The van der Waals surface area contributed by atoms with E-state index in [1.165, 1.54) is 11.1 Å². The minimum absolute atomic E-state index is 0.0172. The molecule has 1 aliphatic heterocycles. The average Bonchev–Trinajstić information content (AvgIpc) is 2.49. The number of rotatable bonds is 0. The Balaban J connectivity index is 1.94. The molecule has 3 N–H and O–H groups in total. The van der Waals surface area contributed by atoms with E-state index in [-0.39, 0.29) is 17.4 Å². The average molecular weight is 281 g/mol. The van der Waals surface area contributed by atoms with Crippen molar-refractivity contribution in [3.05, 3.63) is 58.7 Å². The van der Waals surface area contributed by atoms with Crippen LogP contribution in [0.5, 0.6) is 11.5 Å². The number of aromatic hydroxyl groups is 2. The summed E-state index contributed by atoms with van der Waals surface area (Å²) in [5.41, 5.74) is 4.97. The van der Waals surface area contributed by atoms with Crippen molar-refractivity contribution in [3.8, 4) is 11.5 Å². The maximum absolute atomic E-state index is 9.91. The SMILES string of the molecule is C[C@@H]1Cc2cc(O)c(O)cc2[C@H]2c3ccccc3CN[C@@H]21. The molecule has 1 aliphatic carbocycles. The fourth-order valence-corrected chi connectivity index (χ4v) is 4.00. The molecule has 0 fully saturated rings. The Bertz CT molecular complexity index is 710. The van der Waals surface area contributed by atoms with E-state index in [9.17, 15) is 10.2 Å². The number of fused-ring (bicyclic) bond motifs is 5. The van der Waals surface area contributed by atoms with Gasteiger partial charge in [-0.25, -0.2) is 0 Å². The predicted molar refractivity (Wildman–Crippen MR) is 81.6 cm³/mol. The zero-order valence-corrected chi connectivity index (χ0v) is 12.0. The lowest BCUT2D eigenvalue weighted by Crippen LogP contribution is -2.47. The fraction of sp³-hybridized carbons (Fsp3) is 0.333. The molecule has 3 atom stereocenters. The molecule has 0 aromatic heterocycles. The van der Waals surface area contributed by atoms with Crippen LogP contribution in [0.4, 0.5) is 0 Å². The number of phenolic OH excluding ortho intramolecular Hbond substituents is 2. The summed E-state index contributed by atoms with van der Waals surface area (Å²) in [6, 6.07) is 12.4. The van der Waals surface area contributed by atoms with Crippen LogP contribution in [-0.2, 0) is 13.0 Å². The molecule has 0 bridgehead atoms. The van der Waals surface area contributed by atoms with E-state index in [4.69, 9.17) is 0 Å². The lowest BCUT2D eigenvalue weighted by molar-refractivity contribution is 0.303. The molecule has 2 aromatic carbocycles. The first-order valence-electron chi connectivity index (χ1n) is 7.51. The zero-order valence-electron chi connectivity index (χ0n) is 12.0. The smallest absolute Gasteiger partial charge is 0.157 e. The van der Waals surface area contributed by atoms with Crippen LogP contribution in [0, 0.1) is 5.92 Å². The van der Waals surface area contributed by atoms with Gasteiger partial charge in [-0.1, -0.05) is 31.2 Å². The van der Waals surface area contributed by atoms with Crippen molar-refractivity contribution in [2.45, 2.75) is 31.8 Å². The van der Waals surface area contributed by atoms with Crippen molar-refractivity contribution in [2.24, 2.45) is 5.92 Å². The molecule has 3 heteroatoms. The van der Waals surface area contributed by atoms with E-state index in [1.807, 2.05) is 0 Å². The van der Waals surface area contributed by atoms with Gasteiger partial charge in [0.15, 0.2) is 11.5 Å². The molecule has 4 rings (SSSR count). The maximum Gasteiger partial charge on any atom is 0.157 e. The molecule has 0 amide bonds. The standard InChI is InChI=1S/C18H19NO2/c1-10-6-12-7-15(20)16(21)8-14(12)17-13-5-3-2-4-11(13)9-19-18(10)17/h2-5,7-8,10,17-21H,6,9H2,1H3/t10-,17-,18-/m1/s1. The summed E-state index contributed by atoms with van der Waals surface area (Å²) < 4.78 is 0. The van der Waals surface area contributed by atoms with E-state index in [1.54, 1.807) is 12.1 Å². The lowest BCUT2D eigenvalue weighted by Gasteiger charge is -2.43. The highest BCUT2D eigenvalue weighted by molar-refractivity contribution is 5.53. The molecule has 0 spiro atoms. The van der Waals surface area contributed by atoms with Crippen LogP contribution in [0.3, 0.4) is 0 Å². The van der Waals surface area contributed by atoms with Crippen molar-refractivity contribution in [2.75, 3.05) is 0 Å². The van der Waals surface area contributed by atoms with E-state index < -0.39 is 0 Å². The monoisotopic (exact) mass is 281 g/mol. The summed E-state index contributed by atoms with van der Waals surface area (Å²) in [6.07, 6.45) is 0.930. The van der Waals surface area contributed by atoms with E-state index in [2.05, 4.69) is 36.5 Å². The summed E-state index contributed by atoms with van der Waals surface area (Å²) in [7, 11) is 0. The summed E-state index contributed by atoms with van der Waals surface area (Å²) in [4.78, 5) is 0. The molecule has 1 heterocycles. The second kappa shape index (κ2) is 4.50. The Hall–Kier alpha value is -2.00. The van der Waals surface area contributed by atoms with Crippen LogP contribution in [0.1, 0.15) is 35.1 Å². The molecule has 2 aromatic rings. The number of benzene rings is 2. The van der Waals surface area contributed by atoms with Gasteiger partial charge in [0.05, 0.1) is 0 Å². The number of nitrogens with one attached hydrogen (secondary N) is 1. The molecule has 108 valence electrons. The van der Waals surface area contributed by atoms with Gasteiger partial charge < -0.3 is 15.5 Å². The quantitative estimate of drug-likeness (QED) is 0.651. The number of hydrogen-bond acceptors (Lipinski definition) is 3. The Kier molecular flexibility index (Phi) is 2.73. The molecule has 0 saturated heterocycles. The predicted octanol–water partition coefficient (Wildman–Crippen LogP) is 2.89. The minimum Gasteiger partial charge on any atom is -0.504 e. The van der Waals surface area contributed by atoms with Crippen LogP contribution in [0.15, 0.2) is 36.4 Å². The van der Waals surface area contributed by atoms with E-state index in [0.717, 1.165) is 24.1 Å². The largest absolute Gasteiger partial charge is 0.504 e. The highest BCUT2D eigenvalue weighted by atomic mass is 16.3. The second-order valence-electron chi connectivity index (χ2n) is 6.30. The van der Waals surface area contributed by atoms with Crippen molar-refractivity contribution in [3.63, 3.8) is 0 Å². The van der Waals surface area contributed by atoms with Crippen molar-refractivity contribution < 1.29 is 10.2 Å². The van der Waals surface area contributed by atoms with Gasteiger partial charge in [-0.3, -0.25) is 0 Å². The highest BCUT2D eigenvalue weighted by Gasteiger charge is 2.39. The molecule has 0 radical (unpaired) electrons. The van der Waals surface area contributed by atoms with Crippen LogP contribution >= 0.6 is 0 Å². The van der Waals surface area contributed by atoms with Crippen LogP contribution < -0.4 is 5.32 Å². The molecule has 0 unspecified atom stereocenters. The van der Waals surface area contributed by atoms with Gasteiger partial charge in [0.1, 0.15) is 0 Å². The summed E-state index contributed by atoms with van der Waals surface area (Å²) >= 11 is 0. The number of hydrogen-bond donors (Lipinski definition) is 3. The number of phenols is 2. The van der Waals surface area contributed by atoms with Crippen LogP contribution in [-0.4, -0.2) is 16.3 Å². The van der Waals surface area contributed by atoms with Crippen LogP contribution in [0.2, 0.25) is 0 Å². The van der Waals surface area contributed by atoms with Gasteiger partial charge >= 0.3 is 0 Å². The van der Waals surface area contributed by atoms with Gasteiger partial charge in [-0.2, -0.15) is 0 Å².